The Labute approximate surface area is 54.4 Å². The molecule has 1 fully saturated rings. The van der Waals surface area contributed by atoms with Crippen molar-refractivity contribution in [1.29, 1.82) is 0 Å². The van der Waals surface area contributed by atoms with Gasteiger partial charge in [0.15, 0.2) is 0 Å². The van der Waals surface area contributed by atoms with Gasteiger partial charge in [0, 0.05) is 30.9 Å². The normalized spacial score (nSPS) is 38.2. The molecule has 0 spiro atoms. The number of halogens is 1. The molecule has 0 bridgehead atoms. The van der Waals surface area contributed by atoms with Gasteiger partial charge >= 0.3 is 0 Å². The van der Waals surface area contributed by atoms with E-state index in [1.54, 1.807) is 0 Å². The van der Waals surface area contributed by atoms with E-state index in [2.05, 4.69) is 5.32 Å². The number of hydrogen-bond donors (Lipinski definition) is 2. The molecule has 0 aromatic carbocycles. The van der Waals surface area contributed by atoms with E-state index in [1.165, 1.54) is 0 Å². The highest BCUT2D eigenvalue weighted by Crippen LogP contribution is 2.07. The maximum absolute atomic E-state index is 5.64. The fourth-order valence-corrected chi connectivity index (χ4v) is 1.26. The van der Waals surface area contributed by atoms with E-state index in [0.717, 1.165) is 13.1 Å². The van der Waals surface area contributed by atoms with E-state index in [4.69, 9.17) is 17.3 Å². The van der Waals surface area contributed by atoms with Gasteiger partial charge in [-0.3, -0.25) is 0 Å². The zero-order chi connectivity index (χ0) is 5.98. The Kier molecular flexibility index (Phi) is 2.11. The lowest BCUT2D eigenvalue weighted by Crippen LogP contribution is -2.29. The Morgan fingerprint density at radius 1 is 1.62 bits per heavy atom. The fraction of sp³-hybridized carbons (Fsp3) is 1.00. The molecule has 2 atom stereocenters. The molecular weight excluding hydrogens is 124 g/mol. The number of nitrogens with two attached hydrogens (primary N) is 1. The van der Waals surface area contributed by atoms with Crippen molar-refractivity contribution in [2.75, 3.05) is 19.0 Å². The molecular formula is C5H11ClN2. The van der Waals surface area contributed by atoms with E-state index in [9.17, 15) is 0 Å². The Bertz CT molecular complexity index is 76.8. The van der Waals surface area contributed by atoms with Gasteiger partial charge < -0.3 is 11.1 Å². The topological polar surface area (TPSA) is 38.0 Å². The van der Waals surface area contributed by atoms with Crippen LogP contribution in [0, 0.1) is 5.92 Å². The van der Waals surface area contributed by atoms with Crippen LogP contribution in [0.4, 0.5) is 0 Å². The first kappa shape index (κ1) is 6.33. The van der Waals surface area contributed by atoms with Gasteiger partial charge in [0.1, 0.15) is 0 Å². The van der Waals surface area contributed by atoms with Crippen molar-refractivity contribution in [2.45, 2.75) is 6.04 Å². The van der Waals surface area contributed by atoms with Crippen molar-refractivity contribution in [2.24, 2.45) is 11.7 Å². The summed E-state index contributed by atoms with van der Waals surface area (Å²) in [6, 6.07) is 0.285. The van der Waals surface area contributed by atoms with Crippen molar-refractivity contribution in [1.82, 2.24) is 5.32 Å². The number of rotatable bonds is 1. The van der Waals surface area contributed by atoms with Crippen molar-refractivity contribution in [3.8, 4) is 0 Å². The van der Waals surface area contributed by atoms with Crippen LogP contribution in [0.3, 0.4) is 0 Å². The minimum Gasteiger partial charge on any atom is -0.326 e. The van der Waals surface area contributed by atoms with Gasteiger partial charge in [-0.1, -0.05) is 0 Å². The molecule has 1 rings (SSSR count). The summed E-state index contributed by atoms with van der Waals surface area (Å²) in [6.45, 7) is 1.92. The van der Waals surface area contributed by atoms with Crippen LogP contribution in [0.2, 0.25) is 0 Å². The van der Waals surface area contributed by atoms with Crippen molar-refractivity contribution in [3.63, 3.8) is 0 Å². The van der Waals surface area contributed by atoms with Crippen LogP contribution in [0.5, 0.6) is 0 Å². The molecule has 3 heteroatoms. The molecule has 3 N–H and O–H groups in total. The van der Waals surface area contributed by atoms with Crippen molar-refractivity contribution < 1.29 is 0 Å². The minimum absolute atomic E-state index is 0.285. The molecule has 0 unspecified atom stereocenters. The lowest BCUT2D eigenvalue weighted by atomic mass is 10.1. The maximum Gasteiger partial charge on any atom is 0.0279 e. The molecule has 1 saturated heterocycles. The molecule has 0 aromatic heterocycles. The largest absolute Gasteiger partial charge is 0.326 e. The fourth-order valence-electron chi connectivity index (χ4n) is 0.922. The molecule has 0 aliphatic carbocycles. The Morgan fingerprint density at radius 3 is 2.62 bits per heavy atom. The quantitative estimate of drug-likeness (QED) is 0.487. The average molecular weight is 135 g/mol. The molecule has 8 heavy (non-hydrogen) atoms. The SMILES string of the molecule is N[C@@H]1CNC[C@H]1CCl. The number of alkyl halides is 1. The van der Waals surface area contributed by atoms with Crippen LogP contribution in [0.25, 0.3) is 0 Å². The molecule has 0 aromatic rings. The summed E-state index contributed by atoms with van der Waals surface area (Å²) in [7, 11) is 0. The predicted molar refractivity (Wildman–Crippen MR) is 35.1 cm³/mol. The Balaban J connectivity index is 2.30. The second-order valence-electron chi connectivity index (χ2n) is 2.24. The first-order valence-corrected chi connectivity index (χ1v) is 3.40. The number of hydrogen-bond acceptors (Lipinski definition) is 2. The molecule has 1 heterocycles. The summed E-state index contributed by atoms with van der Waals surface area (Å²) in [5, 5.41) is 3.16. The van der Waals surface area contributed by atoms with E-state index in [-0.39, 0.29) is 6.04 Å². The van der Waals surface area contributed by atoms with Gasteiger partial charge in [-0.15, -0.1) is 11.6 Å². The smallest absolute Gasteiger partial charge is 0.0279 e. The summed E-state index contributed by atoms with van der Waals surface area (Å²) in [4.78, 5) is 0. The van der Waals surface area contributed by atoms with Gasteiger partial charge in [-0.2, -0.15) is 0 Å². The lowest BCUT2D eigenvalue weighted by molar-refractivity contribution is 0.571. The van der Waals surface area contributed by atoms with Gasteiger partial charge in [-0.05, 0) is 0 Å². The molecule has 2 nitrogen and oxygen atoms in total. The van der Waals surface area contributed by atoms with Crippen molar-refractivity contribution >= 4 is 11.6 Å². The first-order chi connectivity index (χ1) is 3.84. The van der Waals surface area contributed by atoms with Crippen LogP contribution < -0.4 is 11.1 Å². The second kappa shape index (κ2) is 2.67. The monoisotopic (exact) mass is 134 g/mol. The third-order valence-electron chi connectivity index (χ3n) is 1.59. The van der Waals surface area contributed by atoms with Gasteiger partial charge in [0.05, 0.1) is 0 Å². The van der Waals surface area contributed by atoms with Gasteiger partial charge in [0.2, 0.25) is 0 Å². The summed E-state index contributed by atoms with van der Waals surface area (Å²) in [6.07, 6.45) is 0. The van der Waals surface area contributed by atoms with E-state index in [0.29, 0.717) is 11.8 Å². The van der Waals surface area contributed by atoms with Crippen LogP contribution in [-0.4, -0.2) is 25.0 Å². The molecule has 0 saturated carbocycles. The van der Waals surface area contributed by atoms with E-state index >= 15 is 0 Å². The maximum atomic E-state index is 5.64. The Morgan fingerprint density at radius 2 is 2.38 bits per heavy atom. The predicted octanol–water partition coefficient (Wildman–Crippen LogP) is -0.228. The highest BCUT2D eigenvalue weighted by molar-refractivity contribution is 6.18. The third-order valence-corrected chi connectivity index (χ3v) is 1.99. The standard InChI is InChI=1S/C5H11ClN2/c6-1-4-2-8-3-5(4)7/h4-5,8H,1-3,7H2/t4-,5-/m1/s1. The van der Waals surface area contributed by atoms with E-state index in [1.807, 2.05) is 0 Å². The van der Waals surface area contributed by atoms with E-state index < -0.39 is 0 Å². The molecule has 0 radical (unpaired) electrons. The van der Waals surface area contributed by atoms with Crippen LogP contribution in [0.1, 0.15) is 0 Å². The molecule has 0 amide bonds. The zero-order valence-electron chi connectivity index (χ0n) is 4.73. The van der Waals surface area contributed by atoms with Crippen LogP contribution in [-0.2, 0) is 0 Å². The summed E-state index contributed by atoms with van der Waals surface area (Å²) < 4.78 is 0. The molecule has 1 aliphatic rings. The second-order valence-corrected chi connectivity index (χ2v) is 2.55. The minimum atomic E-state index is 0.285. The van der Waals surface area contributed by atoms with Gasteiger partial charge in [-0.25, -0.2) is 0 Å². The number of nitrogens with one attached hydrogen (secondary N) is 1. The third kappa shape index (κ3) is 1.13. The summed E-state index contributed by atoms with van der Waals surface area (Å²) in [5.41, 5.74) is 5.64. The van der Waals surface area contributed by atoms with Gasteiger partial charge in [0.25, 0.3) is 0 Å². The Hall–Kier alpha value is 0.210. The average Bonchev–Trinajstić information content (AvgIpc) is 2.14. The lowest BCUT2D eigenvalue weighted by Gasteiger charge is -2.07. The van der Waals surface area contributed by atoms with Crippen LogP contribution in [0.15, 0.2) is 0 Å². The highest BCUT2D eigenvalue weighted by atomic mass is 35.5. The zero-order valence-corrected chi connectivity index (χ0v) is 5.49. The summed E-state index contributed by atoms with van der Waals surface area (Å²) in [5.74, 6) is 1.19. The molecule has 48 valence electrons. The first-order valence-electron chi connectivity index (χ1n) is 2.87. The molecule has 1 aliphatic heterocycles. The summed E-state index contributed by atoms with van der Waals surface area (Å²) >= 11 is 5.58. The van der Waals surface area contributed by atoms with Crippen LogP contribution >= 0.6 is 11.6 Å². The highest BCUT2D eigenvalue weighted by Gasteiger charge is 2.21. The van der Waals surface area contributed by atoms with Crippen molar-refractivity contribution in [3.05, 3.63) is 0 Å².